The van der Waals surface area contributed by atoms with Crippen molar-refractivity contribution in [1.29, 1.82) is 0 Å². The molecule has 2 nitrogen and oxygen atoms in total. The van der Waals surface area contributed by atoms with Gasteiger partial charge in [-0.1, -0.05) is 46.3 Å². The molecule has 4 aliphatic rings. The van der Waals surface area contributed by atoms with Gasteiger partial charge in [-0.3, -0.25) is 4.79 Å². The van der Waals surface area contributed by atoms with Crippen molar-refractivity contribution in [3.63, 3.8) is 0 Å². The van der Waals surface area contributed by atoms with Crippen molar-refractivity contribution < 1.29 is 9.22 Å². The summed E-state index contributed by atoms with van der Waals surface area (Å²) < 4.78 is 6.61. The number of hydrogen-bond acceptors (Lipinski definition) is 2. The number of allylic oxidation sites excluding steroid dienone is 4. The number of ketones is 1. The van der Waals surface area contributed by atoms with Crippen LogP contribution in [-0.4, -0.2) is 20.9 Å². The summed E-state index contributed by atoms with van der Waals surface area (Å²) in [5.74, 6) is 3.32. The van der Waals surface area contributed by atoms with Gasteiger partial charge in [0.1, 0.15) is 0 Å². The number of rotatable bonds is 4. The highest BCUT2D eigenvalue weighted by Gasteiger charge is 2.59. The fourth-order valence-corrected chi connectivity index (χ4v) is 9.25. The fourth-order valence-electron chi connectivity index (χ4n) is 8.07. The first-order valence-corrected chi connectivity index (χ1v) is 15.7. The first-order chi connectivity index (χ1) is 14.4. The second kappa shape index (κ2) is 7.97. The molecule has 7 atom stereocenters. The Morgan fingerprint density at radius 3 is 2.45 bits per heavy atom. The average Bonchev–Trinajstić information content (AvgIpc) is 2.98. The second-order valence-electron chi connectivity index (χ2n) is 13.2. The number of carbonyl (C=O) groups is 1. The largest absolute Gasteiger partial charge is 0.417 e. The summed E-state index contributed by atoms with van der Waals surface area (Å²) >= 11 is 0. The van der Waals surface area contributed by atoms with Crippen molar-refractivity contribution in [2.24, 2.45) is 39.9 Å². The molecular formula is C28H46O2Si. The van der Waals surface area contributed by atoms with E-state index in [0.29, 0.717) is 29.1 Å². The number of carbonyl (C=O) groups excluding carboxylic acids is 1. The van der Waals surface area contributed by atoms with E-state index in [0.717, 1.165) is 24.7 Å². The first kappa shape index (κ1) is 23.5. The van der Waals surface area contributed by atoms with E-state index in [1.165, 1.54) is 37.7 Å². The molecule has 1 unspecified atom stereocenters. The highest BCUT2D eigenvalue weighted by molar-refractivity contribution is 6.48. The molecule has 0 aromatic rings. The summed E-state index contributed by atoms with van der Waals surface area (Å²) in [6, 6.07) is 0. The summed E-state index contributed by atoms with van der Waals surface area (Å²) in [6.45, 7) is 19.2. The Labute approximate surface area is 193 Å². The Kier molecular flexibility index (Phi) is 6.04. The van der Waals surface area contributed by atoms with Crippen LogP contribution in [0.25, 0.3) is 0 Å². The second-order valence-corrected chi connectivity index (χ2v) is 15.6. The van der Waals surface area contributed by atoms with E-state index in [-0.39, 0.29) is 10.8 Å². The molecule has 2 fully saturated rings. The predicted molar refractivity (Wildman–Crippen MR) is 133 cm³/mol. The molecule has 4 rings (SSSR count). The van der Waals surface area contributed by atoms with Crippen LogP contribution in [-0.2, 0) is 9.22 Å². The maximum Gasteiger partial charge on any atom is 0.171 e. The molecule has 0 N–H and O–H groups in total. The zero-order valence-corrected chi connectivity index (χ0v) is 22.5. The molecule has 0 aromatic carbocycles. The van der Waals surface area contributed by atoms with E-state index in [4.69, 9.17) is 4.43 Å². The van der Waals surface area contributed by atoms with Crippen LogP contribution in [0.2, 0.25) is 13.1 Å². The summed E-state index contributed by atoms with van der Waals surface area (Å²) in [7, 11) is -1.06. The number of hydrogen-bond donors (Lipinski definition) is 0. The first-order valence-electron chi connectivity index (χ1n) is 12.9. The molecule has 31 heavy (non-hydrogen) atoms. The van der Waals surface area contributed by atoms with Gasteiger partial charge in [-0.25, -0.2) is 0 Å². The molecule has 0 bridgehead atoms. The third kappa shape index (κ3) is 3.96. The minimum atomic E-state index is -1.06. The highest BCUT2D eigenvalue weighted by Crippen LogP contribution is 2.67. The van der Waals surface area contributed by atoms with E-state index in [2.05, 4.69) is 60.7 Å². The van der Waals surface area contributed by atoms with Gasteiger partial charge in [-0.2, -0.15) is 0 Å². The van der Waals surface area contributed by atoms with Gasteiger partial charge in [0.2, 0.25) is 0 Å². The molecule has 3 heteroatoms. The monoisotopic (exact) mass is 442 g/mol. The van der Waals surface area contributed by atoms with Crippen molar-refractivity contribution in [3.8, 4) is 0 Å². The van der Waals surface area contributed by atoms with E-state index in [9.17, 15) is 4.79 Å². The van der Waals surface area contributed by atoms with Gasteiger partial charge in [0.05, 0.1) is 0 Å². The number of fused-ring (bicyclic) bond motifs is 5. The van der Waals surface area contributed by atoms with Crippen LogP contribution in [0.3, 0.4) is 0 Å². The maximum atomic E-state index is 12.1. The summed E-state index contributed by atoms with van der Waals surface area (Å²) in [5, 5.41) is 0. The van der Waals surface area contributed by atoms with Crippen molar-refractivity contribution in [2.75, 3.05) is 0 Å². The zero-order valence-electron chi connectivity index (χ0n) is 21.4. The van der Waals surface area contributed by atoms with Crippen molar-refractivity contribution in [2.45, 2.75) is 106 Å². The van der Waals surface area contributed by atoms with Gasteiger partial charge < -0.3 is 4.43 Å². The molecular weight excluding hydrogens is 396 g/mol. The van der Waals surface area contributed by atoms with Gasteiger partial charge >= 0.3 is 0 Å². The minimum absolute atomic E-state index is 0.206. The van der Waals surface area contributed by atoms with Gasteiger partial charge in [-0.05, 0) is 110 Å². The SMILES string of the molecule is CC1=CC2=CC(=O)CC[C@]2(C)[C@H]2CC[C@]3(C)[C@@H](CC(O[SiH](C)C)C(C)(C)C)CC[C@H]3[C@H]12. The van der Waals surface area contributed by atoms with Crippen LogP contribution in [0.1, 0.15) is 86.5 Å². The van der Waals surface area contributed by atoms with Crippen LogP contribution in [0.5, 0.6) is 0 Å². The Morgan fingerprint density at radius 2 is 1.81 bits per heavy atom. The summed E-state index contributed by atoms with van der Waals surface area (Å²) in [4.78, 5) is 12.1. The lowest BCUT2D eigenvalue weighted by atomic mass is 9.47. The van der Waals surface area contributed by atoms with Crippen molar-refractivity contribution >= 4 is 14.8 Å². The Morgan fingerprint density at radius 1 is 1.10 bits per heavy atom. The molecule has 0 heterocycles. The van der Waals surface area contributed by atoms with E-state index in [1.54, 1.807) is 5.57 Å². The van der Waals surface area contributed by atoms with Gasteiger partial charge in [0.25, 0.3) is 0 Å². The lowest BCUT2D eigenvalue weighted by molar-refractivity contribution is -0.116. The molecule has 0 spiro atoms. The summed E-state index contributed by atoms with van der Waals surface area (Å²) in [6.07, 6.45) is 13.2. The van der Waals surface area contributed by atoms with Gasteiger partial charge in [0, 0.05) is 12.5 Å². The molecule has 4 aliphatic carbocycles. The smallest absolute Gasteiger partial charge is 0.171 e. The van der Waals surface area contributed by atoms with Crippen LogP contribution in [0, 0.1) is 39.9 Å². The lowest BCUT2D eigenvalue weighted by Gasteiger charge is -2.57. The van der Waals surface area contributed by atoms with Crippen LogP contribution >= 0.6 is 0 Å². The average molecular weight is 443 g/mol. The molecule has 0 aromatic heterocycles. The minimum Gasteiger partial charge on any atom is -0.417 e. The zero-order chi connectivity index (χ0) is 22.8. The van der Waals surface area contributed by atoms with Crippen LogP contribution < -0.4 is 0 Å². The van der Waals surface area contributed by atoms with E-state index < -0.39 is 9.04 Å². The van der Waals surface area contributed by atoms with Crippen LogP contribution in [0.4, 0.5) is 0 Å². The molecule has 174 valence electrons. The molecule has 0 amide bonds. The van der Waals surface area contributed by atoms with E-state index in [1.807, 2.05) is 6.08 Å². The standard InChI is InChI=1S/C28H46O2Si/c1-18-15-20-16-21(29)11-13-28(20,6)23-12-14-27(5)19(9-10-22(27)25(18)23)17-24(26(2,3)4)30-31(7)8/h15-16,19,22-25,31H,9-14,17H2,1-8H3/t19-,22+,23+,24?,25+,27-,28+/m1/s1. The molecule has 0 radical (unpaired) electrons. The highest BCUT2D eigenvalue weighted by atomic mass is 28.3. The van der Waals surface area contributed by atoms with Crippen molar-refractivity contribution in [3.05, 3.63) is 23.3 Å². The Bertz CT molecular complexity index is 787. The fraction of sp³-hybridized carbons (Fsp3) is 0.821. The van der Waals surface area contributed by atoms with E-state index >= 15 is 0 Å². The Hall–Kier alpha value is -0.673. The lowest BCUT2D eigenvalue weighted by Crippen LogP contribution is -2.50. The predicted octanol–water partition coefficient (Wildman–Crippen LogP) is 7.11. The summed E-state index contributed by atoms with van der Waals surface area (Å²) in [5.41, 5.74) is 3.74. The van der Waals surface area contributed by atoms with Crippen molar-refractivity contribution in [1.82, 2.24) is 0 Å². The third-order valence-electron chi connectivity index (χ3n) is 9.96. The topological polar surface area (TPSA) is 26.3 Å². The van der Waals surface area contributed by atoms with Gasteiger partial charge in [-0.15, -0.1) is 0 Å². The maximum absolute atomic E-state index is 12.1. The quantitative estimate of drug-likeness (QED) is 0.434. The van der Waals surface area contributed by atoms with Gasteiger partial charge in [0.15, 0.2) is 14.8 Å². The van der Waals surface area contributed by atoms with Crippen LogP contribution in [0.15, 0.2) is 23.3 Å². The molecule has 0 aliphatic heterocycles. The molecule has 0 saturated heterocycles. The molecule has 2 saturated carbocycles. The Balaban J connectivity index is 1.62. The third-order valence-corrected chi connectivity index (χ3v) is 10.8. The normalized spacial score (nSPS) is 41.3.